The van der Waals surface area contributed by atoms with Gasteiger partial charge >= 0.3 is 5.97 Å². The maximum Gasteiger partial charge on any atom is 0.386 e. The normalized spacial score (nSPS) is 9.45. The second kappa shape index (κ2) is 3.87. The molecule has 3 heteroatoms. The van der Waals surface area contributed by atoms with E-state index in [1.54, 1.807) is 27.8 Å². The maximum absolute atomic E-state index is 10.8. The van der Waals surface area contributed by atoms with Crippen molar-refractivity contribution in [3.63, 3.8) is 0 Å². The molecule has 0 unspecified atom stereocenters. The molecule has 62 valence electrons. The summed E-state index contributed by atoms with van der Waals surface area (Å²) in [5.74, 6) is 1.76. The van der Waals surface area contributed by atoms with E-state index in [2.05, 4.69) is 17.3 Å². The van der Waals surface area contributed by atoms with Gasteiger partial charge in [-0.05, 0) is 20.8 Å². The standard InChI is InChI=1S/C8H13NO2/c1-8(2,3)11-7(10)5-6-9-4/h9H,1-4H3. The fourth-order valence-corrected chi connectivity index (χ4v) is 0.417. The molecule has 0 aromatic carbocycles. The van der Waals surface area contributed by atoms with Crippen LogP contribution in [0.5, 0.6) is 0 Å². The third kappa shape index (κ3) is 6.72. The summed E-state index contributed by atoms with van der Waals surface area (Å²) in [5, 5.41) is 2.52. The highest BCUT2D eigenvalue weighted by Crippen LogP contribution is 2.05. The van der Waals surface area contributed by atoms with Crippen LogP contribution in [0.4, 0.5) is 0 Å². The molecule has 0 spiro atoms. The van der Waals surface area contributed by atoms with Gasteiger partial charge in [0.2, 0.25) is 0 Å². The molecular weight excluding hydrogens is 142 g/mol. The number of carbonyl (C=O) groups excluding carboxylic acids is 1. The molecule has 0 aliphatic rings. The van der Waals surface area contributed by atoms with Gasteiger partial charge in [-0.15, -0.1) is 0 Å². The zero-order valence-electron chi connectivity index (χ0n) is 7.32. The van der Waals surface area contributed by atoms with Crippen LogP contribution < -0.4 is 5.32 Å². The van der Waals surface area contributed by atoms with Crippen LogP contribution in [0.1, 0.15) is 20.8 Å². The predicted octanol–water partition coefficient (Wildman–Crippen LogP) is 0.508. The van der Waals surface area contributed by atoms with E-state index in [0.29, 0.717) is 0 Å². The minimum atomic E-state index is -0.508. The molecule has 11 heavy (non-hydrogen) atoms. The second-order valence-electron chi connectivity index (χ2n) is 3.00. The van der Waals surface area contributed by atoms with E-state index in [0.717, 1.165) is 0 Å². The Bertz CT molecular complexity index is 192. The number of nitrogens with one attached hydrogen (secondary N) is 1. The summed E-state index contributed by atoms with van der Waals surface area (Å²) in [6.07, 6.45) is 0. The molecule has 0 saturated heterocycles. The van der Waals surface area contributed by atoms with Gasteiger partial charge < -0.3 is 10.1 Å². The van der Waals surface area contributed by atoms with Crippen molar-refractivity contribution in [1.82, 2.24) is 5.32 Å². The molecule has 3 nitrogen and oxygen atoms in total. The molecular formula is C8H13NO2. The third-order valence-corrected chi connectivity index (χ3v) is 0.688. The van der Waals surface area contributed by atoms with Gasteiger partial charge in [0.25, 0.3) is 0 Å². The molecule has 0 atom stereocenters. The van der Waals surface area contributed by atoms with Gasteiger partial charge in [-0.1, -0.05) is 0 Å². The van der Waals surface area contributed by atoms with Crippen molar-refractivity contribution < 1.29 is 9.53 Å². The van der Waals surface area contributed by atoms with Gasteiger partial charge in [0, 0.05) is 19.0 Å². The molecule has 0 rings (SSSR count). The Morgan fingerprint density at radius 2 is 2.00 bits per heavy atom. The fraction of sp³-hybridized carbons (Fsp3) is 0.625. The summed E-state index contributed by atoms with van der Waals surface area (Å²) in [4.78, 5) is 10.8. The summed E-state index contributed by atoms with van der Waals surface area (Å²) in [6.45, 7) is 5.39. The Labute approximate surface area is 67.1 Å². The Morgan fingerprint density at radius 1 is 1.45 bits per heavy atom. The lowest BCUT2D eigenvalue weighted by molar-refractivity contribution is -0.147. The van der Waals surface area contributed by atoms with Crippen molar-refractivity contribution in [1.29, 1.82) is 0 Å². The molecule has 0 aromatic rings. The first-order valence-electron chi connectivity index (χ1n) is 3.36. The zero-order chi connectivity index (χ0) is 8.91. The number of hydrogen-bond acceptors (Lipinski definition) is 3. The van der Waals surface area contributed by atoms with E-state index < -0.39 is 11.6 Å². The highest BCUT2D eigenvalue weighted by molar-refractivity contribution is 5.88. The van der Waals surface area contributed by atoms with Gasteiger partial charge in [0.15, 0.2) is 0 Å². The quantitative estimate of drug-likeness (QED) is 0.314. The highest BCUT2D eigenvalue weighted by Gasteiger charge is 2.13. The van der Waals surface area contributed by atoms with Crippen molar-refractivity contribution in [2.24, 2.45) is 0 Å². The Morgan fingerprint density at radius 3 is 2.36 bits per heavy atom. The number of ether oxygens (including phenoxy) is 1. The SMILES string of the molecule is CNC#CC(=O)OC(C)(C)C. The van der Waals surface area contributed by atoms with Crippen molar-refractivity contribution in [3.8, 4) is 12.0 Å². The van der Waals surface area contributed by atoms with Crippen LogP contribution >= 0.6 is 0 Å². The van der Waals surface area contributed by atoms with Gasteiger partial charge in [0.05, 0.1) is 0 Å². The molecule has 0 fully saturated rings. The van der Waals surface area contributed by atoms with E-state index >= 15 is 0 Å². The third-order valence-electron chi connectivity index (χ3n) is 0.688. The summed E-state index contributed by atoms with van der Waals surface area (Å²) in [6, 6.07) is 2.40. The van der Waals surface area contributed by atoms with Gasteiger partial charge in [0.1, 0.15) is 5.60 Å². The smallest absolute Gasteiger partial charge is 0.386 e. The minimum Gasteiger partial charge on any atom is -0.450 e. The van der Waals surface area contributed by atoms with Crippen molar-refractivity contribution in [3.05, 3.63) is 0 Å². The van der Waals surface area contributed by atoms with Crippen LogP contribution in [0.15, 0.2) is 0 Å². The van der Waals surface area contributed by atoms with E-state index in [1.165, 1.54) is 0 Å². The fourth-order valence-electron chi connectivity index (χ4n) is 0.417. The van der Waals surface area contributed by atoms with Gasteiger partial charge in [-0.25, -0.2) is 4.79 Å². The molecule has 0 saturated carbocycles. The monoisotopic (exact) mass is 155 g/mol. The summed E-state index contributed by atoms with van der Waals surface area (Å²) in [7, 11) is 1.64. The topological polar surface area (TPSA) is 38.3 Å². The van der Waals surface area contributed by atoms with Crippen LogP contribution in [0.2, 0.25) is 0 Å². The molecule has 0 amide bonds. The second-order valence-corrected chi connectivity index (χ2v) is 3.00. The first-order valence-corrected chi connectivity index (χ1v) is 3.36. The number of hydrogen-bond donors (Lipinski definition) is 1. The molecule has 0 radical (unpaired) electrons. The molecule has 0 aliphatic carbocycles. The van der Waals surface area contributed by atoms with E-state index in [9.17, 15) is 4.79 Å². The largest absolute Gasteiger partial charge is 0.450 e. The van der Waals surface area contributed by atoms with Crippen LogP contribution in [-0.2, 0) is 9.53 Å². The molecule has 0 aliphatic heterocycles. The van der Waals surface area contributed by atoms with Gasteiger partial charge in [-0.2, -0.15) is 0 Å². The van der Waals surface area contributed by atoms with E-state index in [-0.39, 0.29) is 0 Å². The number of esters is 1. The molecule has 0 bridgehead atoms. The Kier molecular flexibility index (Phi) is 3.46. The predicted molar refractivity (Wildman–Crippen MR) is 42.7 cm³/mol. The first kappa shape index (κ1) is 9.83. The zero-order valence-corrected chi connectivity index (χ0v) is 7.32. The summed E-state index contributed by atoms with van der Waals surface area (Å²) < 4.78 is 4.89. The summed E-state index contributed by atoms with van der Waals surface area (Å²) in [5.41, 5.74) is -0.459. The molecule has 0 aromatic heterocycles. The Balaban J connectivity index is 3.89. The lowest BCUT2D eigenvalue weighted by atomic mass is 10.2. The van der Waals surface area contributed by atoms with Crippen LogP contribution in [-0.4, -0.2) is 18.6 Å². The average molecular weight is 155 g/mol. The molecule has 0 heterocycles. The van der Waals surface area contributed by atoms with E-state index in [1.807, 2.05) is 0 Å². The van der Waals surface area contributed by atoms with Crippen molar-refractivity contribution in [2.75, 3.05) is 7.05 Å². The van der Waals surface area contributed by atoms with Crippen LogP contribution in [0.3, 0.4) is 0 Å². The lowest BCUT2D eigenvalue weighted by Crippen LogP contribution is -2.23. The maximum atomic E-state index is 10.8. The number of rotatable bonds is 0. The van der Waals surface area contributed by atoms with Gasteiger partial charge in [-0.3, -0.25) is 0 Å². The van der Waals surface area contributed by atoms with Crippen LogP contribution in [0, 0.1) is 12.0 Å². The first-order chi connectivity index (χ1) is 4.95. The highest BCUT2D eigenvalue weighted by atomic mass is 16.6. The summed E-state index contributed by atoms with van der Waals surface area (Å²) >= 11 is 0. The average Bonchev–Trinajstić information content (AvgIpc) is 1.79. The van der Waals surface area contributed by atoms with Crippen molar-refractivity contribution in [2.45, 2.75) is 26.4 Å². The Hall–Kier alpha value is -1.17. The number of carbonyl (C=O) groups is 1. The van der Waals surface area contributed by atoms with Crippen molar-refractivity contribution >= 4 is 5.97 Å². The molecule has 1 N–H and O–H groups in total. The van der Waals surface area contributed by atoms with E-state index in [4.69, 9.17) is 4.74 Å². The lowest BCUT2D eigenvalue weighted by Gasteiger charge is -2.16. The van der Waals surface area contributed by atoms with Crippen LogP contribution in [0.25, 0.3) is 0 Å². The minimum absolute atomic E-state index is 0.459.